The van der Waals surface area contributed by atoms with Gasteiger partial charge in [0.05, 0.1) is 10.7 Å². The van der Waals surface area contributed by atoms with Crippen molar-refractivity contribution in [2.24, 2.45) is 0 Å². The van der Waals surface area contributed by atoms with Gasteiger partial charge in [-0.25, -0.2) is 4.98 Å². The lowest BCUT2D eigenvalue weighted by Crippen LogP contribution is -2.29. The van der Waals surface area contributed by atoms with Crippen molar-refractivity contribution in [3.8, 4) is 0 Å². The second kappa shape index (κ2) is 6.22. The highest BCUT2D eigenvalue weighted by molar-refractivity contribution is 6.31. The van der Waals surface area contributed by atoms with Crippen molar-refractivity contribution in [3.63, 3.8) is 0 Å². The van der Waals surface area contributed by atoms with Gasteiger partial charge in [0.25, 0.3) is 0 Å². The summed E-state index contributed by atoms with van der Waals surface area (Å²) in [5, 5.41) is 4.00. The summed E-state index contributed by atoms with van der Waals surface area (Å²) in [7, 11) is 0. The monoisotopic (exact) mass is 253 g/mol. The minimum Gasteiger partial charge on any atom is -0.370 e. The standard InChI is InChI=1S/C13H20ClN3/c1-2-15-13-7-6-11(14)12(16-13)10-17-8-4-3-5-9-17/h6-7H,2-5,8-10H2,1H3,(H,15,16). The molecule has 0 unspecified atom stereocenters. The molecule has 0 radical (unpaired) electrons. The summed E-state index contributed by atoms with van der Waals surface area (Å²) in [5.41, 5.74) is 0.993. The number of pyridine rings is 1. The van der Waals surface area contributed by atoms with E-state index in [0.29, 0.717) is 0 Å². The predicted octanol–water partition coefficient (Wildman–Crippen LogP) is 3.15. The van der Waals surface area contributed by atoms with Gasteiger partial charge in [-0.05, 0) is 45.0 Å². The van der Waals surface area contributed by atoms with Gasteiger partial charge in [-0.3, -0.25) is 4.90 Å². The molecule has 0 aliphatic carbocycles. The van der Waals surface area contributed by atoms with Gasteiger partial charge in [-0.15, -0.1) is 0 Å². The van der Waals surface area contributed by atoms with Crippen LogP contribution in [0.2, 0.25) is 5.02 Å². The topological polar surface area (TPSA) is 28.2 Å². The van der Waals surface area contributed by atoms with Gasteiger partial charge in [-0.2, -0.15) is 0 Å². The minimum atomic E-state index is 0.775. The Balaban J connectivity index is 2.04. The molecule has 1 aromatic heterocycles. The lowest BCUT2D eigenvalue weighted by atomic mass is 10.1. The maximum atomic E-state index is 6.20. The van der Waals surface area contributed by atoms with E-state index in [4.69, 9.17) is 11.6 Å². The Hall–Kier alpha value is -0.800. The molecule has 1 N–H and O–H groups in total. The number of nitrogens with zero attached hydrogens (tertiary/aromatic N) is 2. The van der Waals surface area contributed by atoms with Gasteiger partial charge < -0.3 is 5.32 Å². The van der Waals surface area contributed by atoms with E-state index in [9.17, 15) is 0 Å². The minimum absolute atomic E-state index is 0.775. The Morgan fingerprint density at radius 2 is 2.06 bits per heavy atom. The number of piperidine rings is 1. The molecule has 17 heavy (non-hydrogen) atoms. The Labute approximate surface area is 108 Å². The first-order valence-corrected chi connectivity index (χ1v) is 6.79. The van der Waals surface area contributed by atoms with Crippen LogP contribution < -0.4 is 5.32 Å². The number of hydrogen-bond acceptors (Lipinski definition) is 3. The summed E-state index contributed by atoms with van der Waals surface area (Å²) in [6.07, 6.45) is 3.95. The molecule has 0 saturated carbocycles. The van der Waals surface area contributed by atoms with Crippen LogP contribution in [0.5, 0.6) is 0 Å². The van der Waals surface area contributed by atoms with E-state index < -0.39 is 0 Å². The fourth-order valence-corrected chi connectivity index (χ4v) is 2.37. The average Bonchev–Trinajstić information content (AvgIpc) is 2.35. The zero-order valence-corrected chi connectivity index (χ0v) is 11.1. The highest BCUT2D eigenvalue weighted by atomic mass is 35.5. The zero-order chi connectivity index (χ0) is 12.1. The van der Waals surface area contributed by atoms with E-state index in [1.54, 1.807) is 0 Å². The third-order valence-electron chi connectivity index (χ3n) is 3.10. The van der Waals surface area contributed by atoms with Gasteiger partial charge in [0, 0.05) is 13.1 Å². The van der Waals surface area contributed by atoms with Crippen molar-refractivity contribution in [2.75, 3.05) is 25.0 Å². The molecule has 2 rings (SSSR count). The second-order valence-corrected chi connectivity index (χ2v) is 4.90. The van der Waals surface area contributed by atoms with Crippen LogP contribution in [0, 0.1) is 0 Å². The molecule has 3 nitrogen and oxygen atoms in total. The Morgan fingerprint density at radius 1 is 1.29 bits per heavy atom. The first-order valence-electron chi connectivity index (χ1n) is 6.41. The van der Waals surface area contributed by atoms with E-state index in [2.05, 4.69) is 22.1 Å². The van der Waals surface area contributed by atoms with Gasteiger partial charge in [0.1, 0.15) is 5.82 Å². The predicted molar refractivity (Wildman–Crippen MR) is 72.5 cm³/mol. The number of rotatable bonds is 4. The summed E-state index contributed by atoms with van der Waals surface area (Å²) in [6, 6.07) is 3.87. The number of anilines is 1. The molecule has 1 aliphatic rings. The molecule has 4 heteroatoms. The lowest BCUT2D eigenvalue weighted by molar-refractivity contribution is 0.218. The smallest absolute Gasteiger partial charge is 0.126 e. The van der Waals surface area contributed by atoms with E-state index >= 15 is 0 Å². The third-order valence-corrected chi connectivity index (χ3v) is 3.44. The lowest BCUT2D eigenvalue weighted by Gasteiger charge is -2.26. The quantitative estimate of drug-likeness (QED) is 0.894. The molecule has 1 saturated heterocycles. The summed E-state index contributed by atoms with van der Waals surface area (Å²) in [6.45, 7) is 6.17. The summed E-state index contributed by atoms with van der Waals surface area (Å²) < 4.78 is 0. The first-order chi connectivity index (χ1) is 8.29. The highest BCUT2D eigenvalue weighted by Gasteiger charge is 2.13. The number of hydrogen-bond donors (Lipinski definition) is 1. The fraction of sp³-hybridized carbons (Fsp3) is 0.615. The van der Waals surface area contributed by atoms with Crippen LogP contribution in [0.15, 0.2) is 12.1 Å². The Morgan fingerprint density at radius 3 is 2.76 bits per heavy atom. The molecular weight excluding hydrogens is 234 g/mol. The van der Waals surface area contributed by atoms with Crippen molar-refractivity contribution in [1.29, 1.82) is 0 Å². The van der Waals surface area contributed by atoms with Crippen molar-refractivity contribution < 1.29 is 0 Å². The van der Waals surface area contributed by atoms with Crippen molar-refractivity contribution >= 4 is 17.4 Å². The maximum absolute atomic E-state index is 6.20. The molecule has 94 valence electrons. The highest BCUT2D eigenvalue weighted by Crippen LogP contribution is 2.20. The molecule has 0 atom stereocenters. The molecule has 0 bridgehead atoms. The summed E-state index contributed by atoms with van der Waals surface area (Å²) in [4.78, 5) is 7.01. The third kappa shape index (κ3) is 3.58. The number of aromatic nitrogens is 1. The SMILES string of the molecule is CCNc1ccc(Cl)c(CN2CCCCC2)n1. The molecule has 1 fully saturated rings. The second-order valence-electron chi connectivity index (χ2n) is 4.49. The molecule has 0 amide bonds. The summed E-state index contributed by atoms with van der Waals surface area (Å²) in [5.74, 6) is 0.920. The molecule has 2 heterocycles. The zero-order valence-electron chi connectivity index (χ0n) is 10.4. The van der Waals surface area contributed by atoms with Crippen LogP contribution in [-0.4, -0.2) is 29.5 Å². The van der Waals surface area contributed by atoms with Crippen molar-refractivity contribution in [3.05, 3.63) is 22.8 Å². The number of likely N-dealkylation sites (tertiary alicyclic amines) is 1. The largest absolute Gasteiger partial charge is 0.370 e. The van der Waals surface area contributed by atoms with E-state index in [0.717, 1.165) is 29.6 Å². The van der Waals surface area contributed by atoms with Gasteiger partial charge in [0.15, 0.2) is 0 Å². The van der Waals surface area contributed by atoms with Gasteiger partial charge in [0.2, 0.25) is 0 Å². The van der Waals surface area contributed by atoms with Crippen LogP contribution in [0.4, 0.5) is 5.82 Å². The van der Waals surface area contributed by atoms with Crippen LogP contribution in [0.3, 0.4) is 0 Å². The molecule has 1 aliphatic heterocycles. The average molecular weight is 254 g/mol. The van der Waals surface area contributed by atoms with Crippen LogP contribution in [-0.2, 0) is 6.54 Å². The Bertz CT molecular complexity index is 362. The first kappa shape index (κ1) is 12.7. The summed E-state index contributed by atoms with van der Waals surface area (Å²) >= 11 is 6.20. The van der Waals surface area contributed by atoms with E-state index in [1.807, 2.05) is 12.1 Å². The van der Waals surface area contributed by atoms with Crippen molar-refractivity contribution in [2.45, 2.75) is 32.7 Å². The van der Waals surface area contributed by atoms with Crippen molar-refractivity contribution in [1.82, 2.24) is 9.88 Å². The van der Waals surface area contributed by atoms with Gasteiger partial charge >= 0.3 is 0 Å². The maximum Gasteiger partial charge on any atom is 0.126 e. The number of nitrogens with one attached hydrogen (secondary N) is 1. The Kier molecular flexibility index (Phi) is 4.63. The molecule has 0 aromatic carbocycles. The van der Waals surface area contributed by atoms with Gasteiger partial charge in [-0.1, -0.05) is 18.0 Å². The van der Waals surface area contributed by atoms with Crippen LogP contribution in [0.1, 0.15) is 31.9 Å². The van der Waals surface area contributed by atoms with Crippen LogP contribution in [0.25, 0.3) is 0 Å². The van der Waals surface area contributed by atoms with E-state index in [-0.39, 0.29) is 0 Å². The van der Waals surface area contributed by atoms with Crippen LogP contribution >= 0.6 is 11.6 Å². The number of halogens is 1. The molecule has 0 spiro atoms. The normalized spacial score (nSPS) is 17.1. The molecule has 1 aromatic rings. The molecular formula is C13H20ClN3. The fourth-order valence-electron chi connectivity index (χ4n) is 2.20. The van der Waals surface area contributed by atoms with E-state index in [1.165, 1.54) is 32.4 Å².